The number of ether oxygens (including phenoxy) is 2. The molecule has 2 aliphatic rings. The number of carbonyl (C=O) groups is 2. The van der Waals surface area contributed by atoms with Crippen LogP contribution >= 0.6 is 0 Å². The second kappa shape index (κ2) is 7.38. The van der Waals surface area contributed by atoms with Crippen LogP contribution in [0.25, 0.3) is 0 Å². The highest BCUT2D eigenvalue weighted by molar-refractivity contribution is 5.97. The highest BCUT2D eigenvalue weighted by Gasteiger charge is 2.24. The molecule has 1 fully saturated rings. The van der Waals surface area contributed by atoms with Gasteiger partial charge in [-0.1, -0.05) is 0 Å². The van der Waals surface area contributed by atoms with E-state index in [1.807, 2.05) is 25.1 Å². The molecule has 0 aromatic heterocycles. The minimum atomic E-state index is -0.291. The fourth-order valence-corrected chi connectivity index (χ4v) is 2.63. The first-order valence-corrected chi connectivity index (χ1v) is 8.34. The van der Waals surface area contributed by atoms with Gasteiger partial charge in [0.15, 0.2) is 0 Å². The van der Waals surface area contributed by atoms with Gasteiger partial charge in [-0.25, -0.2) is 0 Å². The van der Waals surface area contributed by atoms with E-state index in [0.717, 1.165) is 29.9 Å². The van der Waals surface area contributed by atoms with E-state index in [9.17, 15) is 9.59 Å². The van der Waals surface area contributed by atoms with Crippen LogP contribution in [0.5, 0.6) is 11.5 Å². The van der Waals surface area contributed by atoms with Crippen LogP contribution in [-0.2, 0) is 9.59 Å². The molecule has 6 nitrogen and oxygen atoms in total. The Morgan fingerprint density at radius 2 is 1.96 bits per heavy atom. The van der Waals surface area contributed by atoms with Crippen molar-refractivity contribution < 1.29 is 19.1 Å². The van der Waals surface area contributed by atoms with Gasteiger partial charge >= 0.3 is 0 Å². The summed E-state index contributed by atoms with van der Waals surface area (Å²) >= 11 is 0. The number of hydrogen-bond donors (Lipinski definition) is 2. The van der Waals surface area contributed by atoms with E-state index in [0.29, 0.717) is 19.6 Å². The van der Waals surface area contributed by atoms with E-state index in [1.165, 1.54) is 12.2 Å². The second-order valence-corrected chi connectivity index (χ2v) is 5.95. The third-order valence-electron chi connectivity index (χ3n) is 3.96. The van der Waals surface area contributed by atoms with Gasteiger partial charge in [-0.05, 0) is 38.0 Å². The van der Waals surface area contributed by atoms with Crippen LogP contribution in [0.1, 0.15) is 37.8 Å². The fourth-order valence-electron chi connectivity index (χ4n) is 2.63. The Kier molecular flexibility index (Phi) is 5.03. The predicted octanol–water partition coefficient (Wildman–Crippen LogP) is 1.86. The molecule has 0 spiro atoms. The summed E-state index contributed by atoms with van der Waals surface area (Å²) in [6.45, 7) is 3.04. The van der Waals surface area contributed by atoms with Crippen LogP contribution in [0, 0.1) is 0 Å². The summed E-state index contributed by atoms with van der Waals surface area (Å²) in [6, 6.07) is 5.74. The number of rotatable bonds is 6. The maximum atomic E-state index is 12.1. The van der Waals surface area contributed by atoms with Crippen LogP contribution in [0.3, 0.4) is 0 Å². The maximum absolute atomic E-state index is 12.1. The molecule has 0 saturated heterocycles. The zero-order valence-electron chi connectivity index (χ0n) is 13.7. The van der Waals surface area contributed by atoms with E-state index in [-0.39, 0.29) is 23.9 Å². The average Bonchev–Trinajstić information content (AvgIpc) is 3.38. The van der Waals surface area contributed by atoms with Gasteiger partial charge in [0.05, 0.1) is 19.3 Å². The van der Waals surface area contributed by atoms with E-state index in [4.69, 9.17) is 9.47 Å². The molecule has 1 heterocycles. The number of hydrogen-bond acceptors (Lipinski definition) is 4. The Morgan fingerprint density at radius 1 is 1.21 bits per heavy atom. The third-order valence-corrected chi connectivity index (χ3v) is 3.96. The van der Waals surface area contributed by atoms with E-state index in [2.05, 4.69) is 10.6 Å². The third kappa shape index (κ3) is 4.28. The quantitative estimate of drug-likeness (QED) is 0.781. The van der Waals surface area contributed by atoms with Crippen molar-refractivity contribution >= 4 is 11.8 Å². The highest BCUT2D eigenvalue weighted by atomic mass is 16.5. The summed E-state index contributed by atoms with van der Waals surface area (Å²) in [5.74, 6) is 0.991. The molecule has 1 unspecified atom stereocenters. The lowest BCUT2D eigenvalue weighted by molar-refractivity contribution is -0.119. The predicted molar refractivity (Wildman–Crippen MR) is 88.9 cm³/mol. The summed E-state index contributed by atoms with van der Waals surface area (Å²) in [7, 11) is 0. The van der Waals surface area contributed by atoms with Crippen LogP contribution < -0.4 is 20.1 Å². The van der Waals surface area contributed by atoms with Crippen molar-refractivity contribution in [3.05, 3.63) is 35.9 Å². The minimum Gasteiger partial charge on any atom is -0.494 e. The van der Waals surface area contributed by atoms with E-state index < -0.39 is 0 Å². The maximum Gasteiger partial charge on any atom is 0.244 e. The van der Waals surface area contributed by atoms with Gasteiger partial charge in [-0.15, -0.1) is 0 Å². The first-order chi connectivity index (χ1) is 11.7. The van der Waals surface area contributed by atoms with Gasteiger partial charge in [-0.3, -0.25) is 9.59 Å². The number of nitrogens with one attached hydrogen (secondary N) is 2. The molecule has 1 aromatic carbocycles. The summed E-state index contributed by atoms with van der Waals surface area (Å²) in [4.78, 5) is 23.7. The Bertz CT molecular complexity index is 652. The zero-order valence-corrected chi connectivity index (χ0v) is 13.7. The second-order valence-electron chi connectivity index (χ2n) is 5.95. The highest BCUT2D eigenvalue weighted by Crippen LogP contribution is 2.34. The molecule has 2 N–H and O–H groups in total. The summed E-state index contributed by atoms with van der Waals surface area (Å²) in [6.07, 6.45) is 5.28. The SMILES string of the molecule is CCOc1ccc2c(c1)C(NC(=O)C=CC(=O)NC1CC1)CCO2. The van der Waals surface area contributed by atoms with Crippen molar-refractivity contribution in [2.45, 2.75) is 38.3 Å². The van der Waals surface area contributed by atoms with E-state index in [1.54, 1.807) is 0 Å². The molecule has 0 bridgehead atoms. The normalized spacial score (nSPS) is 19.3. The number of benzene rings is 1. The lowest BCUT2D eigenvalue weighted by Crippen LogP contribution is -2.31. The van der Waals surface area contributed by atoms with Crippen molar-refractivity contribution in [2.75, 3.05) is 13.2 Å². The molecule has 24 heavy (non-hydrogen) atoms. The first-order valence-electron chi connectivity index (χ1n) is 8.34. The smallest absolute Gasteiger partial charge is 0.244 e. The van der Waals surface area contributed by atoms with Crippen LogP contribution in [-0.4, -0.2) is 31.1 Å². The first kappa shape index (κ1) is 16.4. The molecule has 1 aliphatic carbocycles. The summed E-state index contributed by atoms with van der Waals surface area (Å²) in [5, 5.41) is 5.74. The van der Waals surface area contributed by atoms with Gasteiger partial charge in [0.25, 0.3) is 0 Å². The van der Waals surface area contributed by atoms with Gasteiger partial charge in [-0.2, -0.15) is 0 Å². The van der Waals surface area contributed by atoms with Crippen molar-refractivity contribution in [3.8, 4) is 11.5 Å². The Hall–Kier alpha value is -2.50. The average molecular weight is 330 g/mol. The molecule has 2 amide bonds. The standard InChI is InChI=1S/C18H22N2O4/c1-2-23-13-5-6-16-14(11-13)15(9-10-24-16)20-18(22)8-7-17(21)19-12-3-4-12/h5-8,11-12,15H,2-4,9-10H2,1H3,(H,19,21)(H,20,22). The van der Waals surface area contributed by atoms with Crippen LogP contribution in [0.15, 0.2) is 30.4 Å². The van der Waals surface area contributed by atoms with Crippen molar-refractivity contribution in [3.63, 3.8) is 0 Å². The Balaban J connectivity index is 1.62. The molecule has 1 aliphatic heterocycles. The molecule has 1 saturated carbocycles. The molecule has 0 radical (unpaired) electrons. The van der Waals surface area contributed by atoms with Crippen molar-refractivity contribution in [2.24, 2.45) is 0 Å². The summed E-state index contributed by atoms with van der Waals surface area (Å²) < 4.78 is 11.1. The molecular formula is C18H22N2O4. The zero-order chi connectivity index (χ0) is 16.9. The van der Waals surface area contributed by atoms with Crippen molar-refractivity contribution in [1.29, 1.82) is 0 Å². The number of amides is 2. The molecule has 1 aromatic rings. The molecular weight excluding hydrogens is 308 g/mol. The molecule has 6 heteroatoms. The van der Waals surface area contributed by atoms with E-state index >= 15 is 0 Å². The molecule has 1 atom stereocenters. The fraction of sp³-hybridized carbons (Fsp3) is 0.444. The monoisotopic (exact) mass is 330 g/mol. The van der Waals surface area contributed by atoms with Crippen LogP contribution in [0.2, 0.25) is 0 Å². The van der Waals surface area contributed by atoms with Gasteiger partial charge < -0.3 is 20.1 Å². The Morgan fingerprint density at radius 3 is 2.67 bits per heavy atom. The number of carbonyl (C=O) groups excluding carboxylic acids is 2. The van der Waals surface area contributed by atoms with Gasteiger partial charge in [0, 0.05) is 30.2 Å². The minimum absolute atomic E-state index is 0.155. The molecule has 128 valence electrons. The topological polar surface area (TPSA) is 76.7 Å². The van der Waals surface area contributed by atoms with Crippen molar-refractivity contribution in [1.82, 2.24) is 10.6 Å². The van der Waals surface area contributed by atoms with Gasteiger partial charge in [0.1, 0.15) is 11.5 Å². The molecule has 3 rings (SSSR count). The lowest BCUT2D eigenvalue weighted by Gasteiger charge is -2.26. The Labute approximate surface area is 141 Å². The number of fused-ring (bicyclic) bond motifs is 1. The largest absolute Gasteiger partial charge is 0.494 e. The lowest BCUT2D eigenvalue weighted by atomic mass is 10.00. The van der Waals surface area contributed by atoms with Gasteiger partial charge in [0.2, 0.25) is 11.8 Å². The van der Waals surface area contributed by atoms with Crippen LogP contribution in [0.4, 0.5) is 0 Å². The summed E-state index contributed by atoms with van der Waals surface area (Å²) in [5.41, 5.74) is 0.899.